The third-order valence-corrected chi connectivity index (χ3v) is 18.8. The van der Waals surface area contributed by atoms with Crippen molar-refractivity contribution in [3.63, 3.8) is 0 Å². The summed E-state index contributed by atoms with van der Waals surface area (Å²) < 4.78 is 0. The summed E-state index contributed by atoms with van der Waals surface area (Å²) in [6.07, 6.45) is 0. The molecule has 0 nitrogen and oxygen atoms in total. The van der Waals surface area contributed by atoms with Gasteiger partial charge >= 0.3 is 0 Å². The number of rotatable bonds is 3. The quantitative estimate of drug-likeness (QED) is 0.347. The van der Waals surface area contributed by atoms with Gasteiger partial charge in [-0.1, -0.05) is 176 Å². The second-order valence-electron chi connectivity index (χ2n) is 8.91. The first-order valence-corrected chi connectivity index (χ1v) is 17.5. The van der Waals surface area contributed by atoms with E-state index in [1.54, 1.807) is 0 Å². The Balaban J connectivity index is 1.67. The maximum absolute atomic E-state index is 2.59. The molecular weight excluding hydrogens is 457 g/mol. The molecule has 1 aliphatic heterocycles. The second kappa shape index (κ2) is 9.18. The van der Waals surface area contributed by atoms with Crippen molar-refractivity contribution in [2.75, 3.05) is 0 Å². The molecule has 0 saturated heterocycles. The molecule has 0 N–H and O–H groups in total. The van der Waals surface area contributed by atoms with Crippen LogP contribution in [0.2, 0.25) is 0 Å². The zero-order valence-electron chi connectivity index (χ0n) is 19.0. The van der Waals surface area contributed by atoms with Crippen LogP contribution in [0.1, 0.15) is 5.56 Å². The lowest BCUT2D eigenvalue weighted by Crippen LogP contribution is -2.74. The molecule has 0 unspecified atom stereocenters. The molecule has 161 valence electrons. The maximum Gasteiger partial charge on any atom is 0.139 e. The van der Waals surface area contributed by atoms with Gasteiger partial charge in [-0.15, -0.1) is 0 Å². The monoisotopic (exact) mass is 481 g/mol. The normalized spacial score (nSPS) is 14.9. The molecule has 1 heterocycles. The summed E-state index contributed by atoms with van der Waals surface area (Å²) in [7, 11) is -2.48. The van der Waals surface area contributed by atoms with E-state index in [0.717, 1.165) is 15.1 Å². The predicted molar refractivity (Wildman–Crippen MR) is 151 cm³/mol. The fourth-order valence-electron chi connectivity index (χ4n) is 5.22. The summed E-state index contributed by atoms with van der Waals surface area (Å²) in [6.45, 7) is 0. The van der Waals surface area contributed by atoms with Crippen molar-refractivity contribution in [2.24, 2.45) is 0 Å². The first kappa shape index (κ1) is 21.3. The standard InChI is InChI=1S/C31H25Si3/c1-4-14-27(15-5-1)33-24-25-12-10-13-26(22-25)32-34(29-17-6-2-7-18-29,30-19-8-3-9-20-30)31-21-11-16-28(33)23-31/h1-23H,24H2. The van der Waals surface area contributed by atoms with Crippen LogP contribution in [0.25, 0.3) is 0 Å². The van der Waals surface area contributed by atoms with E-state index in [1.807, 2.05) is 0 Å². The van der Waals surface area contributed by atoms with Gasteiger partial charge in [0.1, 0.15) is 16.4 Å². The average molecular weight is 482 g/mol. The minimum atomic E-state index is -2.27. The second-order valence-corrected chi connectivity index (χ2v) is 18.4. The Morgan fingerprint density at radius 2 is 1.06 bits per heavy atom. The molecule has 34 heavy (non-hydrogen) atoms. The molecule has 5 aromatic rings. The van der Waals surface area contributed by atoms with Crippen LogP contribution < -0.4 is 31.1 Å². The van der Waals surface area contributed by atoms with Gasteiger partial charge < -0.3 is 0 Å². The molecule has 6 rings (SSSR count). The first-order chi connectivity index (χ1) is 16.8. The molecule has 0 spiro atoms. The van der Waals surface area contributed by atoms with Gasteiger partial charge in [0.2, 0.25) is 0 Å². The van der Waals surface area contributed by atoms with Crippen molar-refractivity contribution in [2.45, 2.75) is 6.04 Å². The van der Waals surface area contributed by atoms with E-state index in [1.165, 1.54) is 36.7 Å². The smallest absolute Gasteiger partial charge is 0.0657 e. The lowest BCUT2D eigenvalue weighted by atomic mass is 10.2. The molecule has 0 fully saturated rings. The summed E-state index contributed by atoms with van der Waals surface area (Å²) >= 11 is 0. The summed E-state index contributed by atoms with van der Waals surface area (Å²) in [6, 6.07) is 54.2. The minimum absolute atomic E-state index is 0.734. The van der Waals surface area contributed by atoms with Gasteiger partial charge in [0.15, 0.2) is 0 Å². The van der Waals surface area contributed by atoms with Crippen LogP contribution in [-0.4, -0.2) is 25.4 Å². The lowest BCUT2D eigenvalue weighted by molar-refractivity contribution is 1.38. The summed E-state index contributed by atoms with van der Waals surface area (Å²) in [5.41, 5.74) is 1.47. The summed E-state index contributed by atoms with van der Waals surface area (Å²) in [4.78, 5) is 0. The summed E-state index contributed by atoms with van der Waals surface area (Å²) in [5.74, 6) is 0. The van der Waals surface area contributed by atoms with Crippen molar-refractivity contribution in [3.8, 4) is 0 Å². The Morgan fingerprint density at radius 1 is 0.500 bits per heavy atom. The highest BCUT2D eigenvalue weighted by molar-refractivity contribution is 7.46. The molecular formula is C31H25Si3. The predicted octanol–water partition coefficient (Wildman–Crippen LogP) is 2.39. The summed E-state index contributed by atoms with van der Waals surface area (Å²) in [5, 5.41) is 9.02. The van der Waals surface area contributed by atoms with E-state index in [9.17, 15) is 0 Å². The highest BCUT2D eigenvalue weighted by atomic mass is 29.2. The molecule has 1 aliphatic rings. The van der Waals surface area contributed by atoms with Crippen LogP contribution in [0.4, 0.5) is 0 Å². The minimum Gasteiger partial charge on any atom is -0.0657 e. The molecule has 0 aromatic heterocycles. The third kappa shape index (κ3) is 3.86. The zero-order valence-corrected chi connectivity index (χ0v) is 22.0. The molecule has 3 radical (unpaired) electrons. The van der Waals surface area contributed by atoms with Gasteiger partial charge in [-0.3, -0.25) is 0 Å². The molecule has 5 aromatic carbocycles. The fourth-order valence-corrected chi connectivity index (χ4v) is 16.9. The largest absolute Gasteiger partial charge is 0.139 e. The van der Waals surface area contributed by atoms with Crippen LogP contribution in [0, 0.1) is 0 Å². The van der Waals surface area contributed by atoms with Crippen molar-refractivity contribution in [1.82, 2.24) is 0 Å². The van der Waals surface area contributed by atoms with Gasteiger partial charge in [-0.25, -0.2) is 0 Å². The van der Waals surface area contributed by atoms with E-state index in [2.05, 4.69) is 140 Å². The van der Waals surface area contributed by atoms with Gasteiger partial charge in [-0.05, 0) is 6.04 Å². The van der Waals surface area contributed by atoms with Crippen molar-refractivity contribution < 1.29 is 0 Å². The van der Waals surface area contributed by atoms with Crippen LogP contribution >= 0.6 is 0 Å². The third-order valence-electron chi connectivity index (χ3n) is 6.82. The molecule has 0 saturated carbocycles. The van der Waals surface area contributed by atoms with Crippen LogP contribution in [0.3, 0.4) is 0 Å². The Labute approximate surface area is 207 Å². The van der Waals surface area contributed by atoms with E-state index >= 15 is 0 Å². The van der Waals surface area contributed by atoms with E-state index in [4.69, 9.17) is 0 Å². The Bertz CT molecular complexity index is 1360. The first-order valence-electron chi connectivity index (χ1n) is 11.8. The van der Waals surface area contributed by atoms with Gasteiger partial charge in [0.05, 0.1) is 9.04 Å². The Kier molecular flexibility index (Phi) is 5.75. The van der Waals surface area contributed by atoms with Crippen LogP contribution in [0.15, 0.2) is 140 Å². The van der Waals surface area contributed by atoms with Crippen molar-refractivity contribution in [3.05, 3.63) is 145 Å². The lowest BCUT2D eigenvalue weighted by Gasteiger charge is -2.35. The van der Waals surface area contributed by atoms with E-state index in [0.29, 0.717) is 0 Å². The highest BCUT2D eigenvalue weighted by Crippen LogP contribution is 2.11. The zero-order chi connectivity index (χ0) is 22.8. The number of benzene rings is 5. The molecule has 0 amide bonds. The SMILES string of the molecule is c1ccc([Si]2Cc3cccc(c3)[Si][Si](c3ccccc3)(c3ccccc3)c3cccc2c3)cc1. The van der Waals surface area contributed by atoms with E-state index in [-0.39, 0.29) is 0 Å². The average Bonchev–Trinajstić information content (AvgIpc) is 2.92. The number of hydrogen-bond acceptors (Lipinski definition) is 0. The Hall–Kier alpha value is -3.25. The van der Waals surface area contributed by atoms with E-state index < -0.39 is 16.4 Å². The van der Waals surface area contributed by atoms with Gasteiger partial charge in [-0.2, -0.15) is 0 Å². The topological polar surface area (TPSA) is 0 Å². The van der Waals surface area contributed by atoms with Crippen LogP contribution in [-0.2, 0) is 6.04 Å². The maximum atomic E-state index is 2.59. The highest BCUT2D eigenvalue weighted by Gasteiger charge is 2.40. The number of hydrogen-bond donors (Lipinski definition) is 0. The van der Waals surface area contributed by atoms with Gasteiger partial charge in [0, 0.05) is 0 Å². The molecule has 4 bridgehead atoms. The van der Waals surface area contributed by atoms with Crippen molar-refractivity contribution in [1.29, 1.82) is 0 Å². The van der Waals surface area contributed by atoms with Crippen molar-refractivity contribution >= 4 is 56.5 Å². The van der Waals surface area contributed by atoms with Crippen LogP contribution in [0.5, 0.6) is 0 Å². The molecule has 0 aliphatic carbocycles. The molecule has 0 atom stereocenters. The fraction of sp³-hybridized carbons (Fsp3) is 0.0323. The Morgan fingerprint density at radius 3 is 1.74 bits per heavy atom. The molecule has 3 heteroatoms. The number of fused-ring (bicyclic) bond motifs is 4. The van der Waals surface area contributed by atoms with Gasteiger partial charge in [0.25, 0.3) is 0 Å².